The maximum absolute atomic E-state index is 12.2. The van der Waals surface area contributed by atoms with Crippen LogP contribution in [-0.4, -0.2) is 40.2 Å². The van der Waals surface area contributed by atoms with Crippen LogP contribution in [0.15, 0.2) is 61.2 Å². The highest BCUT2D eigenvalue weighted by atomic mass is 16.5. The number of aromatic nitrogens is 3. The molecule has 7 nitrogen and oxygen atoms in total. The molecule has 1 heterocycles. The molecule has 0 N–H and O–H groups in total. The van der Waals surface area contributed by atoms with E-state index in [4.69, 9.17) is 9.47 Å². The molecule has 0 aliphatic carbocycles. The summed E-state index contributed by atoms with van der Waals surface area (Å²) in [6.07, 6.45) is 2.98. The average molecular weight is 337 g/mol. The van der Waals surface area contributed by atoms with Crippen molar-refractivity contribution in [2.75, 3.05) is 13.7 Å². The number of carbonyl (C=O) groups is 2. The zero-order valence-electron chi connectivity index (χ0n) is 13.5. The van der Waals surface area contributed by atoms with Crippen LogP contribution in [0.25, 0.3) is 5.69 Å². The average Bonchev–Trinajstić information content (AvgIpc) is 3.20. The van der Waals surface area contributed by atoms with Crippen LogP contribution in [0.2, 0.25) is 0 Å². The first-order chi connectivity index (χ1) is 12.2. The van der Waals surface area contributed by atoms with Crippen LogP contribution in [0.5, 0.6) is 5.75 Å². The van der Waals surface area contributed by atoms with Crippen molar-refractivity contribution >= 4 is 11.8 Å². The molecule has 0 saturated carbocycles. The minimum Gasteiger partial charge on any atom is -0.496 e. The van der Waals surface area contributed by atoms with Gasteiger partial charge in [0, 0.05) is 0 Å². The Morgan fingerprint density at radius 1 is 1.08 bits per heavy atom. The normalized spacial score (nSPS) is 10.3. The van der Waals surface area contributed by atoms with Crippen LogP contribution in [0.4, 0.5) is 0 Å². The number of esters is 1. The Morgan fingerprint density at radius 3 is 2.52 bits per heavy atom. The number of carbonyl (C=O) groups excluding carboxylic acids is 2. The molecule has 3 rings (SSSR count). The molecule has 0 unspecified atom stereocenters. The molecule has 0 aliphatic heterocycles. The van der Waals surface area contributed by atoms with Gasteiger partial charge in [-0.1, -0.05) is 12.1 Å². The maximum Gasteiger partial charge on any atom is 0.338 e. The highest BCUT2D eigenvalue weighted by Crippen LogP contribution is 2.18. The fourth-order valence-corrected chi connectivity index (χ4v) is 2.26. The number of ether oxygens (including phenoxy) is 2. The Bertz CT molecular complexity index is 874. The monoisotopic (exact) mass is 337 g/mol. The summed E-state index contributed by atoms with van der Waals surface area (Å²) in [6.45, 7) is -0.357. The van der Waals surface area contributed by atoms with Gasteiger partial charge in [-0.3, -0.25) is 4.79 Å². The standard InChI is InChI=1S/C18H15N3O4/c1-24-17-5-3-2-4-15(17)16(22)10-25-18(23)13-6-8-14(9-7-13)21-12-19-11-20-21/h2-9,11-12H,10H2,1H3. The second-order valence-corrected chi connectivity index (χ2v) is 5.09. The van der Waals surface area contributed by atoms with Gasteiger partial charge in [0.25, 0.3) is 0 Å². The van der Waals surface area contributed by atoms with Gasteiger partial charge in [-0.25, -0.2) is 14.5 Å². The second-order valence-electron chi connectivity index (χ2n) is 5.09. The van der Waals surface area contributed by atoms with Crippen molar-refractivity contribution in [2.24, 2.45) is 0 Å². The van der Waals surface area contributed by atoms with Gasteiger partial charge in [-0.15, -0.1) is 0 Å². The van der Waals surface area contributed by atoms with Gasteiger partial charge in [0.1, 0.15) is 18.4 Å². The largest absolute Gasteiger partial charge is 0.496 e. The smallest absolute Gasteiger partial charge is 0.338 e. The first-order valence-corrected chi connectivity index (χ1v) is 7.47. The number of rotatable bonds is 6. The summed E-state index contributed by atoms with van der Waals surface area (Å²) in [4.78, 5) is 28.1. The topological polar surface area (TPSA) is 83.3 Å². The second kappa shape index (κ2) is 7.39. The van der Waals surface area contributed by atoms with Gasteiger partial charge in [0.15, 0.2) is 6.61 Å². The van der Waals surface area contributed by atoms with Crippen molar-refractivity contribution in [3.05, 3.63) is 72.3 Å². The zero-order chi connectivity index (χ0) is 17.6. The van der Waals surface area contributed by atoms with Gasteiger partial charge in [-0.05, 0) is 36.4 Å². The Balaban J connectivity index is 1.63. The SMILES string of the molecule is COc1ccccc1C(=O)COC(=O)c1ccc(-n2cncn2)cc1. The highest BCUT2D eigenvalue weighted by Gasteiger charge is 2.15. The molecule has 0 amide bonds. The number of Topliss-reactive ketones (excluding diaryl/α,β-unsaturated/α-hetero) is 1. The third-order valence-electron chi connectivity index (χ3n) is 3.53. The van der Waals surface area contributed by atoms with E-state index >= 15 is 0 Å². The van der Waals surface area contributed by atoms with Crippen molar-refractivity contribution in [2.45, 2.75) is 0 Å². The first kappa shape index (κ1) is 16.4. The van der Waals surface area contributed by atoms with Crippen molar-refractivity contribution in [1.29, 1.82) is 0 Å². The van der Waals surface area contributed by atoms with Crippen molar-refractivity contribution in [3.8, 4) is 11.4 Å². The lowest BCUT2D eigenvalue weighted by Gasteiger charge is -2.08. The predicted octanol–water partition coefficient (Wildman–Crippen LogP) is 2.32. The van der Waals surface area contributed by atoms with Gasteiger partial charge in [0.2, 0.25) is 5.78 Å². The Kier molecular flexibility index (Phi) is 4.84. The Labute approximate surface area is 143 Å². The van der Waals surface area contributed by atoms with E-state index in [1.54, 1.807) is 59.5 Å². The Morgan fingerprint density at radius 2 is 1.84 bits per heavy atom. The third kappa shape index (κ3) is 3.72. The quantitative estimate of drug-likeness (QED) is 0.507. The molecular weight excluding hydrogens is 322 g/mol. The molecule has 7 heteroatoms. The van der Waals surface area contributed by atoms with Crippen LogP contribution in [-0.2, 0) is 4.74 Å². The molecule has 0 bridgehead atoms. The number of para-hydroxylation sites is 1. The number of methoxy groups -OCH3 is 1. The lowest BCUT2D eigenvalue weighted by atomic mass is 10.1. The molecule has 1 aromatic heterocycles. The fourth-order valence-electron chi connectivity index (χ4n) is 2.26. The van der Waals surface area contributed by atoms with Crippen molar-refractivity contribution in [1.82, 2.24) is 14.8 Å². The molecule has 0 radical (unpaired) electrons. The van der Waals surface area contributed by atoms with Gasteiger partial charge >= 0.3 is 5.97 Å². The number of benzene rings is 2. The minimum absolute atomic E-state index is 0.329. The molecule has 2 aromatic carbocycles. The van der Waals surface area contributed by atoms with Crippen LogP contribution in [0.3, 0.4) is 0 Å². The molecule has 0 atom stereocenters. The number of hydrogen-bond donors (Lipinski definition) is 0. The summed E-state index contributed by atoms with van der Waals surface area (Å²) in [7, 11) is 1.48. The summed E-state index contributed by atoms with van der Waals surface area (Å²) >= 11 is 0. The molecule has 3 aromatic rings. The summed E-state index contributed by atoms with van der Waals surface area (Å²) in [6, 6.07) is 13.4. The highest BCUT2D eigenvalue weighted by molar-refractivity contribution is 6.01. The van der Waals surface area contributed by atoms with Crippen LogP contribution in [0, 0.1) is 0 Å². The zero-order valence-corrected chi connectivity index (χ0v) is 13.5. The minimum atomic E-state index is -0.576. The van der Waals surface area contributed by atoms with E-state index in [0.29, 0.717) is 16.9 Å². The van der Waals surface area contributed by atoms with E-state index in [1.807, 2.05) is 0 Å². The van der Waals surface area contributed by atoms with Gasteiger partial charge in [0.05, 0.1) is 23.9 Å². The lowest BCUT2D eigenvalue weighted by molar-refractivity contribution is 0.0474. The first-order valence-electron chi connectivity index (χ1n) is 7.47. The molecular formula is C18H15N3O4. The number of ketones is 1. The van der Waals surface area contributed by atoms with E-state index in [0.717, 1.165) is 5.69 Å². The van der Waals surface area contributed by atoms with Crippen molar-refractivity contribution < 1.29 is 19.1 Å². The number of nitrogens with zero attached hydrogens (tertiary/aromatic N) is 3. The number of hydrogen-bond acceptors (Lipinski definition) is 6. The summed E-state index contributed by atoms with van der Waals surface area (Å²) < 4.78 is 11.8. The molecule has 0 aliphatic rings. The van der Waals surface area contributed by atoms with Gasteiger partial charge < -0.3 is 9.47 Å². The summed E-state index contributed by atoms with van der Waals surface area (Å²) in [5.41, 5.74) is 1.48. The van der Waals surface area contributed by atoms with E-state index in [9.17, 15) is 9.59 Å². The molecule has 0 spiro atoms. The summed E-state index contributed by atoms with van der Waals surface area (Å²) in [5.74, 6) is -0.459. The lowest BCUT2D eigenvalue weighted by Crippen LogP contribution is -2.15. The molecule has 0 fully saturated rings. The molecule has 126 valence electrons. The fraction of sp³-hybridized carbons (Fsp3) is 0.111. The molecule has 25 heavy (non-hydrogen) atoms. The van der Waals surface area contributed by atoms with E-state index in [2.05, 4.69) is 10.1 Å². The van der Waals surface area contributed by atoms with Crippen LogP contribution < -0.4 is 4.74 Å². The maximum atomic E-state index is 12.2. The van der Waals surface area contributed by atoms with E-state index in [1.165, 1.54) is 13.4 Å². The summed E-state index contributed by atoms with van der Waals surface area (Å²) in [5, 5.41) is 4.00. The van der Waals surface area contributed by atoms with E-state index < -0.39 is 5.97 Å². The van der Waals surface area contributed by atoms with Crippen LogP contribution >= 0.6 is 0 Å². The molecule has 0 saturated heterocycles. The van der Waals surface area contributed by atoms with Crippen molar-refractivity contribution in [3.63, 3.8) is 0 Å². The van der Waals surface area contributed by atoms with Gasteiger partial charge in [-0.2, -0.15) is 5.10 Å². The Hall–Kier alpha value is -3.48. The van der Waals surface area contributed by atoms with Crippen LogP contribution in [0.1, 0.15) is 20.7 Å². The van der Waals surface area contributed by atoms with E-state index in [-0.39, 0.29) is 12.4 Å². The predicted molar refractivity (Wildman–Crippen MR) is 89.0 cm³/mol. The third-order valence-corrected chi connectivity index (χ3v) is 3.53.